The topological polar surface area (TPSA) is 93.5 Å². The van der Waals surface area contributed by atoms with Gasteiger partial charge >= 0.3 is 6.09 Å². The summed E-state index contributed by atoms with van der Waals surface area (Å²) in [6.45, 7) is 6.60. The number of benzene rings is 1. The first-order valence-corrected chi connectivity index (χ1v) is 10.5. The zero-order valence-electron chi connectivity index (χ0n) is 16.5. The quantitative estimate of drug-likeness (QED) is 0.815. The van der Waals surface area contributed by atoms with Gasteiger partial charge in [-0.15, -0.1) is 0 Å². The van der Waals surface area contributed by atoms with Crippen molar-refractivity contribution >= 4 is 44.5 Å². The highest BCUT2D eigenvalue weighted by atomic mass is 32.2. The number of amides is 2. The lowest BCUT2D eigenvalue weighted by atomic mass is 9.97. The Morgan fingerprint density at radius 2 is 2.10 bits per heavy atom. The smallest absolute Gasteiger partial charge is 0.410 e. The van der Waals surface area contributed by atoms with Crippen LogP contribution in [-0.2, 0) is 20.5 Å². The summed E-state index contributed by atoms with van der Waals surface area (Å²) in [5, 5.41) is 5.57. The summed E-state index contributed by atoms with van der Waals surface area (Å²) in [6, 6.07) is 5.79. The van der Waals surface area contributed by atoms with E-state index in [0.717, 1.165) is 22.0 Å². The summed E-state index contributed by atoms with van der Waals surface area (Å²) in [4.78, 5) is 25.5. The van der Waals surface area contributed by atoms with Crippen LogP contribution in [0.15, 0.2) is 36.5 Å². The maximum absolute atomic E-state index is 12.3. The molecule has 152 valence electrons. The third-order valence-electron chi connectivity index (χ3n) is 4.67. The van der Waals surface area contributed by atoms with Crippen molar-refractivity contribution in [1.82, 2.24) is 19.4 Å². The van der Waals surface area contributed by atoms with E-state index in [1.165, 1.54) is 10.8 Å². The second-order valence-corrected chi connectivity index (χ2v) is 9.08. The minimum atomic E-state index is -1.62. The molecule has 0 saturated carbocycles. The van der Waals surface area contributed by atoms with Crippen molar-refractivity contribution in [3.05, 3.63) is 42.1 Å². The first kappa shape index (κ1) is 19.4. The molecule has 4 rings (SSSR count). The Morgan fingerprint density at radius 3 is 2.72 bits per heavy atom. The van der Waals surface area contributed by atoms with Gasteiger partial charge in [-0.2, -0.15) is 5.10 Å². The van der Waals surface area contributed by atoms with Gasteiger partial charge in [-0.3, -0.25) is 9.52 Å². The highest BCUT2D eigenvalue weighted by Gasteiger charge is 2.26. The molecule has 0 spiro atoms. The van der Waals surface area contributed by atoms with E-state index < -0.39 is 22.5 Å². The molecule has 2 aliphatic heterocycles. The molecule has 0 radical (unpaired) electrons. The molecule has 1 unspecified atom stereocenters. The lowest BCUT2D eigenvalue weighted by Crippen LogP contribution is -2.39. The SMILES string of the molecule is CC(C)(C)OC(=O)N1CC=C(c2cccc3c2cnn3C2=CC(=O)NS2=O)CC1. The maximum atomic E-state index is 12.3. The molecule has 3 heterocycles. The van der Waals surface area contributed by atoms with Crippen LogP contribution in [0.1, 0.15) is 32.8 Å². The molecule has 1 atom stereocenters. The molecule has 2 aliphatic rings. The van der Waals surface area contributed by atoms with Crippen LogP contribution in [0, 0.1) is 0 Å². The van der Waals surface area contributed by atoms with Crippen molar-refractivity contribution in [2.45, 2.75) is 32.8 Å². The molecule has 9 heteroatoms. The van der Waals surface area contributed by atoms with Gasteiger partial charge in [0, 0.05) is 24.6 Å². The van der Waals surface area contributed by atoms with Gasteiger partial charge in [0.25, 0.3) is 5.91 Å². The van der Waals surface area contributed by atoms with Crippen molar-refractivity contribution < 1.29 is 18.5 Å². The van der Waals surface area contributed by atoms with E-state index in [0.29, 0.717) is 24.5 Å². The van der Waals surface area contributed by atoms with Crippen molar-refractivity contribution in [2.75, 3.05) is 13.1 Å². The fraction of sp³-hybridized carbons (Fsp3) is 0.350. The lowest BCUT2D eigenvalue weighted by molar-refractivity contribution is -0.114. The molecule has 0 aliphatic carbocycles. The molecule has 1 aromatic carbocycles. The van der Waals surface area contributed by atoms with Crippen LogP contribution >= 0.6 is 0 Å². The fourth-order valence-electron chi connectivity index (χ4n) is 3.39. The maximum Gasteiger partial charge on any atom is 0.410 e. The van der Waals surface area contributed by atoms with Crippen molar-refractivity contribution in [1.29, 1.82) is 0 Å². The monoisotopic (exact) mass is 414 g/mol. The predicted octanol–water partition coefficient (Wildman–Crippen LogP) is 2.65. The van der Waals surface area contributed by atoms with Gasteiger partial charge in [-0.05, 0) is 44.4 Å². The van der Waals surface area contributed by atoms with Gasteiger partial charge in [0.05, 0.1) is 11.7 Å². The van der Waals surface area contributed by atoms with Gasteiger partial charge in [0.2, 0.25) is 0 Å². The Kier molecular flexibility index (Phi) is 4.77. The number of rotatable bonds is 2. The molecule has 0 fully saturated rings. The average molecular weight is 414 g/mol. The summed E-state index contributed by atoms with van der Waals surface area (Å²) in [7, 11) is -1.62. The van der Waals surface area contributed by atoms with Gasteiger partial charge in [-0.1, -0.05) is 18.2 Å². The third-order valence-corrected chi connectivity index (χ3v) is 5.72. The number of fused-ring (bicyclic) bond motifs is 1. The van der Waals surface area contributed by atoms with E-state index >= 15 is 0 Å². The second kappa shape index (κ2) is 7.14. The molecule has 8 nitrogen and oxygen atoms in total. The number of aromatic nitrogens is 2. The van der Waals surface area contributed by atoms with E-state index in [9.17, 15) is 13.8 Å². The number of hydrogen-bond acceptors (Lipinski definition) is 5. The van der Waals surface area contributed by atoms with Crippen LogP contribution in [0.3, 0.4) is 0 Å². The average Bonchev–Trinajstić information content (AvgIpc) is 3.22. The standard InChI is InChI=1S/C20H22N4O4S/c1-20(2,3)28-19(26)23-9-7-13(8-10-23)14-5-4-6-16-15(14)12-21-24(16)18-11-17(25)22-29(18)27/h4-7,11-12H,8-10H2,1-3H3,(H,22,25). The fourth-order valence-corrected chi connectivity index (χ4v) is 4.25. The number of hydrogen-bond donors (Lipinski definition) is 1. The van der Waals surface area contributed by atoms with Gasteiger partial charge in [-0.25, -0.2) is 13.7 Å². The normalized spacial score (nSPS) is 19.8. The zero-order chi connectivity index (χ0) is 20.8. The molecular formula is C20H22N4O4S. The van der Waals surface area contributed by atoms with Crippen molar-refractivity contribution in [2.24, 2.45) is 0 Å². The highest BCUT2D eigenvalue weighted by molar-refractivity contribution is 7.93. The van der Waals surface area contributed by atoms with Crippen molar-refractivity contribution in [3.63, 3.8) is 0 Å². The van der Waals surface area contributed by atoms with Crippen LogP contribution in [-0.4, -0.2) is 49.6 Å². The minimum Gasteiger partial charge on any atom is -0.444 e. The van der Waals surface area contributed by atoms with Crippen LogP contribution in [0.5, 0.6) is 0 Å². The van der Waals surface area contributed by atoms with E-state index in [1.807, 2.05) is 45.0 Å². The lowest BCUT2D eigenvalue weighted by Gasteiger charge is -2.29. The third kappa shape index (κ3) is 3.82. The summed E-state index contributed by atoms with van der Waals surface area (Å²) >= 11 is 0. The largest absolute Gasteiger partial charge is 0.444 e. The number of carbonyl (C=O) groups is 2. The Balaban J connectivity index is 1.61. The van der Waals surface area contributed by atoms with Crippen molar-refractivity contribution in [3.8, 4) is 0 Å². The summed E-state index contributed by atoms with van der Waals surface area (Å²) in [6.07, 6.45) is 5.42. The number of nitrogens with one attached hydrogen (secondary N) is 1. The molecule has 2 amide bonds. The van der Waals surface area contributed by atoms with E-state index in [1.54, 1.807) is 11.1 Å². The predicted molar refractivity (Wildman–Crippen MR) is 111 cm³/mol. The van der Waals surface area contributed by atoms with Gasteiger partial charge < -0.3 is 9.64 Å². The summed E-state index contributed by atoms with van der Waals surface area (Å²) in [5.74, 6) is -0.393. The first-order valence-electron chi connectivity index (χ1n) is 9.31. The van der Waals surface area contributed by atoms with Crippen LogP contribution < -0.4 is 4.72 Å². The van der Waals surface area contributed by atoms with Gasteiger partial charge in [0.1, 0.15) is 5.60 Å². The second-order valence-electron chi connectivity index (χ2n) is 7.92. The van der Waals surface area contributed by atoms with Crippen LogP contribution in [0.2, 0.25) is 0 Å². The molecule has 0 bridgehead atoms. The summed E-state index contributed by atoms with van der Waals surface area (Å²) in [5.41, 5.74) is 2.38. The number of carbonyl (C=O) groups excluding carboxylic acids is 2. The highest BCUT2D eigenvalue weighted by Crippen LogP contribution is 2.31. The Bertz CT molecular complexity index is 1090. The number of nitrogens with zero attached hydrogens (tertiary/aromatic N) is 3. The summed E-state index contributed by atoms with van der Waals surface area (Å²) < 4.78 is 21.4. The zero-order valence-corrected chi connectivity index (χ0v) is 17.3. The Morgan fingerprint density at radius 1 is 1.31 bits per heavy atom. The minimum absolute atomic E-state index is 0.313. The first-order chi connectivity index (χ1) is 13.7. The van der Waals surface area contributed by atoms with E-state index in [4.69, 9.17) is 4.74 Å². The molecule has 1 N–H and O–H groups in total. The van der Waals surface area contributed by atoms with E-state index in [2.05, 4.69) is 9.82 Å². The Hall–Kier alpha value is -2.94. The molecule has 29 heavy (non-hydrogen) atoms. The Labute approximate surface area is 170 Å². The van der Waals surface area contributed by atoms with Gasteiger partial charge in [0.15, 0.2) is 16.0 Å². The molecular weight excluding hydrogens is 392 g/mol. The molecule has 1 aromatic heterocycles. The molecule has 2 aromatic rings. The van der Waals surface area contributed by atoms with E-state index in [-0.39, 0.29) is 6.09 Å². The molecule has 0 saturated heterocycles. The number of ether oxygens (including phenoxy) is 1. The van der Waals surface area contributed by atoms with Crippen LogP contribution in [0.4, 0.5) is 4.79 Å². The van der Waals surface area contributed by atoms with Crippen LogP contribution in [0.25, 0.3) is 21.5 Å².